The fourth-order valence-electron chi connectivity index (χ4n) is 1.10. The Bertz CT molecular complexity index is 428. The molecule has 1 aromatic heterocycles. The standard InChI is InChI=1S/C9H6Cl2N2S/c10-7-2-1-6(8(11)4-7)3-9-13-12-5-14-9/h1-2,4-5H,3H2. The van der Waals surface area contributed by atoms with Gasteiger partial charge in [0.2, 0.25) is 0 Å². The van der Waals surface area contributed by atoms with Crippen molar-refractivity contribution in [1.29, 1.82) is 0 Å². The Labute approximate surface area is 95.5 Å². The average molecular weight is 245 g/mol. The lowest BCUT2D eigenvalue weighted by molar-refractivity contribution is 1.00. The number of aromatic nitrogens is 2. The third kappa shape index (κ3) is 2.23. The summed E-state index contributed by atoms with van der Waals surface area (Å²) in [6, 6.07) is 5.47. The molecule has 0 unspecified atom stereocenters. The van der Waals surface area contributed by atoms with Crippen molar-refractivity contribution in [3.05, 3.63) is 44.3 Å². The van der Waals surface area contributed by atoms with Crippen molar-refractivity contribution >= 4 is 34.5 Å². The molecule has 0 fully saturated rings. The van der Waals surface area contributed by atoms with E-state index >= 15 is 0 Å². The molecule has 14 heavy (non-hydrogen) atoms. The lowest BCUT2D eigenvalue weighted by atomic mass is 10.2. The van der Waals surface area contributed by atoms with Gasteiger partial charge in [-0.25, -0.2) is 0 Å². The molecule has 0 atom stereocenters. The molecule has 0 N–H and O–H groups in total. The van der Waals surface area contributed by atoms with E-state index in [2.05, 4.69) is 10.2 Å². The first-order valence-corrected chi connectivity index (χ1v) is 5.58. The molecule has 2 nitrogen and oxygen atoms in total. The molecule has 0 saturated carbocycles. The molecule has 0 aliphatic carbocycles. The summed E-state index contributed by atoms with van der Waals surface area (Å²) in [6.45, 7) is 0. The largest absolute Gasteiger partial charge is 0.147 e. The van der Waals surface area contributed by atoms with Crippen molar-refractivity contribution in [3.63, 3.8) is 0 Å². The second-order valence-corrected chi connectivity index (χ2v) is 4.51. The predicted molar refractivity (Wildman–Crippen MR) is 59.2 cm³/mol. The van der Waals surface area contributed by atoms with Crippen LogP contribution >= 0.6 is 34.5 Å². The Balaban J connectivity index is 2.25. The SMILES string of the molecule is Clc1ccc(Cc2nncs2)c(Cl)c1. The molecular formula is C9H6Cl2N2S. The Hall–Kier alpha value is -0.640. The topological polar surface area (TPSA) is 25.8 Å². The third-order valence-electron chi connectivity index (χ3n) is 1.76. The Morgan fingerprint density at radius 1 is 1.29 bits per heavy atom. The van der Waals surface area contributed by atoms with Gasteiger partial charge in [0.25, 0.3) is 0 Å². The first kappa shape index (κ1) is 9.90. The summed E-state index contributed by atoms with van der Waals surface area (Å²) in [6.07, 6.45) is 0.709. The van der Waals surface area contributed by atoms with Crippen LogP contribution in [0.15, 0.2) is 23.7 Å². The zero-order valence-corrected chi connectivity index (χ0v) is 9.40. The van der Waals surface area contributed by atoms with E-state index in [4.69, 9.17) is 23.2 Å². The minimum Gasteiger partial charge on any atom is -0.147 e. The van der Waals surface area contributed by atoms with Crippen LogP contribution in [0.1, 0.15) is 10.6 Å². The molecule has 0 amide bonds. The van der Waals surface area contributed by atoms with Gasteiger partial charge in [-0.2, -0.15) is 0 Å². The number of nitrogens with zero attached hydrogens (tertiary/aromatic N) is 2. The summed E-state index contributed by atoms with van der Waals surface area (Å²) in [5.74, 6) is 0. The highest BCUT2D eigenvalue weighted by Gasteiger charge is 2.04. The highest BCUT2D eigenvalue weighted by atomic mass is 35.5. The van der Waals surface area contributed by atoms with Gasteiger partial charge in [-0.15, -0.1) is 21.5 Å². The number of hydrogen-bond acceptors (Lipinski definition) is 3. The van der Waals surface area contributed by atoms with Crippen molar-refractivity contribution in [1.82, 2.24) is 10.2 Å². The fourth-order valence-corrected chi connectivity index (χ4v) is 2.13. The van der Waals surface area contributed by atoms with Crippen molar-refractivity contribution in [2.45, 2.75) is 6.42 Å². The van der Waals surface area contributed by atoms with Crippen molar-refractivity contribution in [2.24, 2.45) is 0 Å². The summed E-state index contributed by atoms with van der Waals surface area (Å²) in [7, 11) is 0. The maximum atomic E-state index is 6.02. The monoisotopic (exact) mass is 244 g/mol. The van der Waals surface area contributed by atoms with Crippen LogP contribution in [-0.4, -0.2) is 10.2 Å². The minimum atomic E-state index is 0.649. The highest BCUT2D eigenvalue weighted by Crippen LogP contribution is 2.23. The molecule has 5 heteroatoms. The van der Waals surface area contributed by atoms with Gasteiger partial charge in [0.15, 0.2) is 0 Å². The van der Waals surface area contributed by atoms with Crippen LogP contribution in [0, 0.1) is 0 Å². The molecule has 0 aliphatic heterocycles. The summed E-state index contributed by atoms with van der Waals surface area (Å²) in [5, 5.41) is 9.99. The molecule has 2 aromatic rings. The van der Waals surface area contributed by atoms with Gasteiger partial charge in [-0.3, -0.25) is 0 Å². The predicted octanol–water partition coefficient (Wildman–Crippen LogP) is 3.44. The van der Waals surface area contributed by atoms with Gasteiger partial charge in [0.05, 0.1) is 0 Å². The first-order chi connectivity index (χ1) is 6.75. The smallest absolute Gasteiger partial charge is 0.121 e. The van der Waals surface area contributed by atoms with E-state index in [-0.39, 0.29) is 0 Å². The molecule has 0 spiro atoms. The van der Waals surface area contributed by atoms with Crippen LogP contribution in [0.3, 0.4) is 0 Å². The van der Waals surface area contributed by atoms with Crippen LogP contribution < -0.4 is 0 Å². The van der Waals surface area contributed by atoms with E-state index in [0.29, 0.717) is 16.5 Å². The van der Waals surface area contributed by atoms with Crippen LogP contribution in [0.5, 0.6) is 0 Å². The molecule has 0 saturated heterocycles. The molecule has 0 aliphatic rings. The molecule has 0 bridgehead atoms. The average Bonchev–Trinajstić information content (AvgIpc) is 2.62. The van der Waals surface area contributed by atoms with Crippen molar-refractivity contribution in [3.8, 4) is 0 Å². The van der Waals surface area contributed by atoms with E-state index in [9.17, 15) is 0 Å². The van der Waals surface area contributed by atoms with E-state index < -0.39 is 0 Å². The molecule has 0 radical (unpaired) electrons. The maximum Gasteiger partial charge on any atom is 0.121 e. The van der Waals surface area contributed by atoms with E-state index in [1.807, 2.05) is 12.1 Å². The summed E-state index contributed by atoms with van der Waals surface area (Å²) < 4.78 is 0. The second-order valence-electron chi connectivity index (χ2n) is 2.74. The lowest BCUT2D eigenvalue weighted by Crippen LogP contribution is -1.88. The molecule has 2 rings (SSSR count). The molecule has 72 valence electrons. The van der Waals surface area contributed by atoms with Crippen LogP contribution in [0.4, 0.5) is 0 Å². The zero-order valence-electron chi connectivity index (χ0n) is 7.08. The van der Waals surface area contributed by atoms with Gasteiger partial charge in [0.1, 0.15) is 10.5 Å². The minimum absolute atomic E-state index is 0.649. The second kappa shape index (κ2) is 4.26. The third-order valence-corrected chi connectivity index (χ3v) is 3.05. The van der Waals surface area contributed by atoms with Crippen LogP contribution in [0.2, 0.25) is 10.0 Å². The Kier molecular flexibility index (Phi) is 3.01. The van der Waals surface area contributed by atoms with Crippen LogP contribution in [-0.2, 0) is 6.42 Å². The lowest BCUT2D eigenvalue weighted by Gasteiger charge is -2.01. The van der Waals surface area contributed by atoms with E-state index in [1.165, 1.54) is 11.3 Å². The number of rotatable bonds is 2. The van der Waals surface area contributed by atoms with Crippen molar-refractivity contribution < 1.29 is 0 Å². The number of halogens is 2. The Morgan fingerprint density at radius 2 is 2.14 bits per heavy atom. The molecular weight excluding hydrogens is 239 g/mol. The quantitative estimate of drug-likeness (QED) is 0.809. The zero-order chi connectivity index (χ0) is 9.97. The van der Waals surface area contributed by atoms with Gasteiger partial charge in [-0.1, -0.05) is 29.3 Å². The summed E-state index contributed by atoms with van der Waals surface area (Å²) >= 11 is 13.3. The van der Waals surface area contributed by atoms with E-state index in [0.717, 1.165) is 10.6 Å². The fraction of sp³-hybridized carbons (Fsp3) is 0.111. The van der Waals surface area contributed by atoms with Crippen LogP contribution in [0.25, 0.3) is 0 Å². The first-order valence-electron chi connectivity index (χ1n) is 3.94. The summed E-state index contributed by atoms with van der Waals surface area (Å²) in [5.41, 5.74) is 2.73. The molecule has 1 heterocycles. The van der Waals surface area contributed by atoms with Gasteiger partial charge in [0, 0.05) is 16.5 Å². The maximum absolute atomic E-state index is 6.02. The van der Waals surface area contributed by atoms with Crippen molar-refractivity contribution in [2.75, 3.05) is 0 Å². The summed E-state index contributed by atoms with van der Waals surface area (Å²) in [4.78, 5) is 0. The normalized spacial score (nSPS) is 10.4. The van der Waals surface area contributed by atoms with E-state index in [1.54, 1.807) is 11.6 Å². The van der Waals surface area contributed by atoms with Gasteiger partial charge < -0.3 is 0 Å². The Morgan fingerprint density at radius 3 is 2.79 bits per heavy atom. The highest BCUT2D eigenvalue weighted by molar-refractivity contribution is 7.09. The number of benzene rings is 1. The molecule has 1 aromatic carbocycles. The number of hydrogen-bond donors (Lipinski definition) is 0. The van der Waals surface area contributed by atoms with Gasteiger partial charge in [-0.05, 0) is 17.7 Å². The van der Waals surface area contributed by atoms with Gasteiger partial charge >= 0.3 is 0 Å².